The van der Waals surface area contributed by atoms with Crippen molar-refractivity contribution in [1.29, 1.82) is 0 Å². The van der Waals surface area contributed by atoms with Crippen LogP contribution in [0, 0.1) is 11.8 Å². The van der Waals surface area contributed by atoms with E-state index >= 15 is 0 Å². The van der Waals surface area contributed by atoms with E-state index < -0.39 is 15.4 Å². The minimum Gasteiger partial charge on any atom is -0.497 e. The lowest BCUT2D eigenvalue weighted by molar-refractivity contribution is 0.143. The van der Waals surface area contributed by atoms with Crippen molar-refractivity contribution in [1.82, 2.24) is 0 Å². The van der Waals surface area contributed by atoms with Gasteiger partial charge in [0.15, 0.2) is 9.84 Å². The minimum atomic E-state index is -3.25. The summed E-state index contributed by atoms with van der Waals surface area (Å²) in [6, 6.07) is 12.6. The molecule has 1 heterocycles. The normalized spacial score (nSPS) is 11.9. The smallest absolute Gasteiger partial charge is 0.175 e. The molecule has 0 fully saturated rings. The molecule has 27 heavy (non-hydrogen) atoms. The van der Waals surface area contributed by atoms with Gasteiger partial charge in [0.1, 0.15) is 11.4 Å². The van der Waals surface area contributed by atoms with Gasteiger partial charge in [-0.3, -0.25) is 0 Å². The molecule has 0 aliphatic heterocycles. The third kappa shape index (κ3) is 4.33. The van der Waals surface area contributed by atoms with Crippen LogP contribution in [0.15, 0.2) is 47.4 Å². The molecule has 0 unspecified atom stereocenters. The van der Waals surface area contributed by atoms with Crippen LogP contribution in [0.5, 0.6) is 5.75 Å². The number of thiophene rings is 1. The molecule has 0 aliphatic rings. The van der Waals surface area contributed by atoms with E-state index in [9.17, 15) is 13.5 Å². The molecule has 3 rings (SSSR count). The largest absolute Gasteiger partial charge is 0.497 e. The van der Waals surface area contributed by atoms with Crippen LogP contribution < -0.4 is 4.74 Å². The topological polar surface area (TPSA) is 63.6 Å². The summed E-state index contributed by atoms with van der Waals surface area (Å²) in [5.41, 5.74) is 0.551. The number of aliphatic hydroxyl groups is 1. The van der Waals surface area contributed by atoms with Crippen molar-refractivity contribution < 1.29 is 18.3 Å². The number of methoxy groups -OCH3 is 1. The average Bonchev–Trinajstić information content (AvgIpc) is 2.96. The molecule has 6 heteroatoms. The summed E-state index contributed by atoms with van der Waals surface area (Å²) in [7, 11) is -1.64. The molecule has 0 atom stereocenters. The molecule has 1 N–H and O–H groups in total. The highest BCUT2D eigenvalue weighted by Crippen LogP contribution is 2.40. The maximum absolute atomic E-state index is 11.7. The molecule has 140 valence electrons. The second-order valence-corrected chi connectivity index (χ2v) is 9.84. The van der Waals surface area contributed by atoms with E-state index in [1.165, 1.54) is 6.26 Å². The van der Waals surface area contributed by atoms with Crippen molar-refractivity contribution >= 4 is 31.3 Å². The molecule has 0 saturated heterocycles. The minimum absolute atomic E-state index is 0.276. The Labute approximate surface area is 163 Å². The zero-order chi connectivity index (χ0) is 19.8. The number of sulfone groups is 1. The van der Waals surface area contributed by atoms with Crippen LogP contribution in [0.4, 0.5) is 0 Å². The highest BCUT2D eigenvalue weighted by atomic mass is 32.2. The van der Waals surface area contributed by atoms with E-state index in [0.29, 0.717) is 0 Å². The predicted octanol–water partition coefficient (Wildman–Crippen LogP) is 4.10. The van der Waals surface area contributed by atoms with Gasteiger partial charge in [-0.1, -0.05) is 24.0 Å². The molecule has 2 aromatic carbocycles. The van der Waals surface area contributed by atoms with E-state index in [1.54, 1.807) is 56.6 Å². The third-order valence-electron chi connectivity index (χ3n) is 3.93. The van der Waals surface area contributed by atoms with Crippen LogP contribution in [0.25, 0.3) is 20.5 Å². The number of ether oxygens (including phenoxy) is 1. The second kappa shape index (κ2) is 7.01. The van der Waals surface area contributed by atoms with E-state index in [0.717, 1.165) is 31.8 Å². The van der Waals surface area contributed by atoms with Crippen LogP contribution in [-0.4, -0.2) is 32.5 Å². The van der Waals surface area contributed by atoms with Crippen LogP contribution in [0.2, 0.25) is 0 Å². The summed E-state index contributed by atoms with van der Waals surface area (Å²) >= 11 is 1.57. The molecule has 0 amide bonds. The van der Waals surface area contributed by atoms with Gasteiger partial charge in [0.05, 0.1) is 22.4 Å². The number of benzene rings is 2. The summed E-state index contributed by atoms with van der Waals surface area (Å²) in [5, 5.41) is 11.0. The Kier molecular flexibility index (Phi) is 5.04. The third-order valence-corrected chi connectivity index (χ3v) is 6.28. The summed E-state index contributed by atoms with van der Waals surface area (Å²) in [5.74, 6) is 6.71. The van der Waals surface area contributed by atoms with Crippen LogP contribution in [0.3, 0.4) is 0 Å². The quantitative estimate of drug-likeness (QED) is 0.672. The highest BCUT2D eigenvalue weighted by molar-refractivity contribution is 7.90. The van der Waals surface area contributed by atoms with E-state index in [1.807, 2.05) is 18.2 Å². The van der Waals surface area contributed by atoms with Gasteiger partial charge in [0.25, 0.3) is 0 Å². The van der Waals surface area contributed by atoms with Gasteiger partial charge in [0, 0.05) is 16.3 Å². The summed E-state index contributed by atoms with van der Waals surface area (Å²) in [6.07, 6.45) is 1.19. The first-order chi connectivity index (χ1) is 12.6. The molecule has 0 aliphatic carbocycles. The molecule has 0 bridgehead atoms. The van der Waals surface area contributed by atoms with Gasteiger partial charge in [0.2, 0.25) is 0 Å². The van der Waals surface area contributed by atoms with Gasteiger partial charge in [-0.15, -0.1) is 11.3 Å². The Bertz CT molecular complexity index is 1150. The Morgan fingerprint density at radius 3 is 2.33 bits per heavy atom. The molecule has 0 spiro atoms. The molecule has 1 aromatic heterocycles. The monoisotopic (exact) mass is 400 g/mol. The summed E-state index contributed by atoms with van der Waals surface area (Å²) in [4.78, 5) is 1.20. The molecular weight excluding hydrogens is 380 g/mol. The maximum atomic E-state index is 11.7. The second-order valence-electron chi connectivity index (χ2n) is 6.77. The first-order valence-corrected chi connectivity index (χ1v) is 11.0. The molecule has 3 aromatic rings. The SMILES string of the molecule is COc1ccc2sc(-c3ccc(S(C)(=O)=O)cc3)c(C#CC(C)(C)O)c2c1. The first-order valence-electron chi connectivity index (χ1n) is 8.25. The lowest BCUT2D eigenvalue weighted by Gasteiger charge is -2.07. The fraction of sp³-hybridized carbons (Fsp3) is 0.238. The number of rotatable bonds is 3. The van der Waals surface area contributed by atoms with Crippen molar-refractivity contribution in [2.45, 2.75) is 24.3 Å². The Balaban J connectivity index is 2.23. The van der Waals surface area contributed by atoms with E-state index in [4.69, 9.17) is 4.74 Å². The fourth-order valence-corrected chi connectivity index (χ4v) is 4.37. The predicted molar refractivity (Wildman–Crippen MR) is 110 cm³/mol. The van der Waals surface area contributed by atoms with Gasteiger partial charge < -0.3 is 9.84 Å². The number of hydrogen-bond donors (Lipinski definition) is 1. The van der Waals surface area contributed by atoms with Crippen molar-refractivity contribution in [3.63, 3.8) is 0 Å². The van der Waals surface area contributed by atoms with Crippen molar-refractivity contribution in [3.8, 4) is 28.0 Å². The zero-order valence-corrected chi connectivity index (χ0v) is 17.2. The average molecular weight is 401 g/mol. The summed E-state index contributed by atoms with van der Waals surface area (Å²) < 4.78 is 29.8. The van der Waals surface area contributed by atoms with Crippen molar-refractivity contribution in [2.24, 2.45) is 0 Å². The van der Waals surface area contributed by atoms with Gasteiger partial charge in [-0.25, -0.2) is 8.42 Å². The van der Waals surface area contributed by atoms with Gasteiger partial charge in [-0.2, -0.15) is 0 Å². The number of hydrogen-bond acceptors (Lipinski definition) is 5. The Morgan fingerprint density at radius 1 is 1.11 bits per heavy atom. The van der Waals surface area contributed by atoms with Crippen LogP contribution in [0.1, 0.15) is 19.4 Å². The maximum Gasteiger partial charge on any atom is 0.175 e. The van der Waals surface area contributed by atoms with Crippen molar-refractivity contribution in [2.75, 3.05) is 13.4 Å². The molecule has 0 saturated carbocycles. The zero-order valence-electron chi connectivity index (χ0n) is 15.5. The van der Waals surface area contributed by atoms with Crippen LogP contribution >= 0.6 is 11.3 Å². The Hall–Kier alpha value is -2.33. The van der Waals surface area contributed by atoms with Gasteiger partial charge >= 0.3 is 0 Å². The molecule has 0 radical (unpaired) electrons. The fourth-order valence-electron chi connectivity index (χ4n) is 2.60. The van der Waals surface area contributed by atoms with E-state index in [2.05, 4.69) is 11.8 Å². The van der Waals surface area contributed by atoms with Gasteiger partial charge in [-0.05, 0) is 49.7 Å². The van der Waals surface area contributed by atoms with Crippen molar-refractivity contribution in [3.05, 3.63) is 48.0 Å². The molecular formula is C21H20O4S2. The van der Waals surface area contributed by atoms with Crippen LogP contribution in [-0.2, 0) is 9.84 Å². The highest BCUT2D eigenvalue weighted by Gasteiger charge is 2.16. The first kappa shape index (κ1) is 19.4. The summed E-state index contributed by atoms with van der Waals surface area (Å²) in [6.45, 7) is 3.27. The Morgan fingerprint density at radius 2 is 1.78 bits per heavy atom. The molecule has 4 nitrogen and oxygen atoms in total. The standard InChI is InChI=1S/C21H20O4S2/c1-21(2,22)12-11-17-18-13-15(25-3)7-10-19(18)26-20(17)14-5-8-16(9-6-14)27(4,23)24/h5-10,13,22H,1-4H3. The lowest BCUT2D eigenvalue weighted by Crippen LogP contribution is -2.14. The van der Waals surface area contributed by atoms with E-state index in [-0.39, 0.29) is 4.90 Å². The number of fused-ring (bicyclic) bond motifs is 1. The lowest BCUT2D eigenvalue weighted by atomic mass is 10.0.